The van der Waals surface area contributed by atoms with Gasteiger partial charge in [0.05, 0.1) is 0 Å². The average molecular weight is 279 g/mol. The van der Waals surface area contributed by atoms with Crippen molar-refractivity contribution in [2.24, 2.45) is 10.8 Å². The van der Waals surface area contributed by atoms with Crippen LogP contribution < -0.4 is 16.2 Å². The molecule has 5 nitrogen and oxygen atoms in total. The normalized spacial score (nSPS) is 16.4. The summed E-state index contributed by atoms with van der Waals surface area (Å²) in [6.07, 6.45) is 1.00. The van der Waals surface area contributed by atoms with Gasteiger partial charge in [0, 0.05) is 38.4 Å². The molecule has 0 amide bonds. The zero-order valence-corrected chi connectivity index (χ0v) is 11.8. The van der Waals surface area contributed by atoms with E-state index in [1.54, 1.807) is 0 Å². The third kappa shape index (κ3) is 3.60. The minimum Gasteiger partial charge on any atom is -0.368 e. The van der Waals surface area contributed by atoms with Gasteiger partial charge in [0.15, 0.2) is 0 Å². The first-order chi connectivity index (χ1) is 9.74. The number of hydrazine groups is 1. The largest absolute Gasteiger partial charge is 0.368 e. The summed E-state index contributed by atoms with van der Waals surface area (Å²) < 4.78 is 12.9. The highest BCUT2D eigenvalue weighted by Gasteiger charge is 2.19. The van der Waals surface area contributed by atoms with Crippen LogP contribution in [-0.2, 0) is 0 Å². The van der Waals surface area contributed by atoms with Gasteiger partial charge in [-0.3, -0.25) is 10.4 Å². The predicted octanol–water partition coefficient (Wildman–Crippen LogP) is 1.18. The van der Waals surface area contributed by atoms with Gasteiger partial charge in [-0.2, -0.15) is 0 Å². The third-order valence-corrected chi connectivity index (χ3v) is 3.39. The molecule has 0 aliphatic carbocycles. The molecule has 0 atom stereocenters. The first-order valence-electron chi connectivity index (χ1n) is 7.01. The second kappa shape index (κ2) is 7.09. The maximum Gasteiger partial charge on any atom is 0.208 e. The Kier molecular flexibility index (Phi) is 5.17. The number of hydrogen-bond acceptors (Lipinski definition) is 3. The van der Waals surface area contributed by atoms with Crippen molar-refractivity contribution < 1.29 is 4.39 Å². The number of rotatable bonds is 3. The van der Waals surface area contributed by atoms with Crippen molar-refractivity contribution in [3.8, 4) is 0 Å². The minimum atomic E-state index is -0.200. The van der Waals surface area contributed by atoms with E-state index in [9.17, 15) is 4.39 Å². The van der Waals surface area contributed by atoms with Crippen LogP contribution in [0.25, 0.3) is 0 Å². The fraction of sp³-hybridized carbons (Fsp3) is 0.500. The molecule has 6 heteroatoms. The van der Waals surface area contributed by atoms with Gasteiger partial charge in [-0.15, -0.1) is 0 Å². The molecular weight excluding hydrogens is 257 g/mol. The van der Waals surface area contributed by atoms with E-state index in [1.165, 1.54) is 12.1 Å². The highest BCUT2D eigenvalue weighted by molar-refractivity contribution is 5.79. The Balaban J connectivity index is 1.93. The molecule has 1 fully saturated rings. The first kappa shape index (κ1) is 14.6. The van der Waals surface area contributed by atoms with Crippen molar-refractivity contribution in [2.75, 3.05) is 37.6 Å². The Bertz CT molecular complexity index is 437. The van der Waals surface area contributed by atoms with Crippen molar-refractivity contribution in [3.05, 3.63) is 30.1 Å². The quantitative estimate of drug-likeness (QED) is 0.377. The van der Waals surface area contributed by atoms with Gasteiger partial charge in [-0.1, -0.05) is 6.92 Å². The summed E-state index contributed by atoms with van der Waals surface area (Å²) in [5.41, 5.74) is 3.73. The van der Waals surface area contributed by atoms with Crippen molar-refractivity contribution in [1.29, 1.82) is 0 Å². The Hall–Kier alpha value is -1.82. The fourth-order valence-corrected chi connectivity index (χ4v) is 2.28. The monoisotopic (exact) mass is 279 g/mol. The van der Waals surface area contributed by atoms with E-state index >= 15 is 0 Å². The molecule has 0 unspecified atom stereocenters. The van der Waals surface area contributed by atoms with Gasteiger partial charge in [0.2, 0.25) is 5.96 Å². The molecule has 1 aliphatic rings. The van der Waals surface area contributed by atoms with E-state index < -0.39 is 0 Å². The van der Waals surface area contributed by atoms with Crippen LogP contribution in [0.1, 0.15) is 13.3 Å². The number of anilines is 1. The van der Waals surface area contributed by atoms with Gasteiger partial charge >= 0.3 is 0 Å². The van der Waals surface area contributed by atoms with Crippen LogP contribution in [0.5, 0.6) is 0 Å². The summed E-state index contributed by atoms with van der Waals surface area (Å²) in [7, 11) is 0. The lowest BCUT2D eigenvalue weighted by atomic mass is 10.2. The summed E-state index contributed by atoms with van der Waals surface area (Å²) in [6, 6.07) is 6.63. The van der Waals surface area contributed by atoms with Crippen molar-refractivity contribution in [1.82, 2.24) is 10.3 Å². The molecule has 1 aliphatic heterocycles. The maximum absolute atomic E-state index is 12.9. The summed E-state index contributed by atoms with van der Waals surface area (Å²) in [4.78, 5) is 8.82. The van der Waals surface area contributed by atoms with Crippen LogP contribution in [0, 0.1) is 5.82 Å². The number of guanidine groups is 1. The number of aliphatic imine (C=N–C) groups is 1. The molecule has 110 valence electrons. The third-order valence-electron chi connectivity index (χ3n) is 3.39. The van der Waals surface area contributed by atoms with Crippen LogP contribution in [0.4, 0.5) is 10.1 Å². The number of halogens is 1. The van der Waals surface area contributed by atoms with Gasteiger partial charge in [-0.05, 0) is 30.7 Å². The van der Waals surface area contributed by atoms with Crippen LogP contribution in [0.3, 0.4) is 0 Å². The SMILES string of the molecule is CCCN=C(NN)N1CCN(c2ccc(F)cc2)CC1. The first-order valence-corrected chi connectivity index (χ1v) is 7.01. The van der Waals surface area contributed by atoms with Crippen molar-refractivity contribution in [2.45, 2.75) is 13.3 Å². The van der Waals surface area contributed by atoms with Crippen LogP contribution >= 0.6 is 0 Å². The molecule has 0 aromatic heterocycles. The predicted molar refractivity (Wildman–Crippen MR) is 80.1 cm³/mol. The standard InChI is InChI=1S/C14H22FN5/c1-2-7-17-14(18-16)20-10-8-19(9-11-20)13-5-3-12(15)4-6-13/h3-6H,2,7-11,16H2,1H3,(H,17,18). The molecule has 1 saturated heterocycles. The second-order valence-electron chi connectivity index (χ2n) is 4.80. The molecule has 0 saturated carbocycles. The molecule has 1 heterocycles. The van der Waals surface area contributed by atoms with Gasteiger partial charge in [0.1, 0.15) is 5.82 Å². The highest BCUT2D eigenvalue weighted by atomic mass is 19.1. The number of nitrogens with one attached hydrogen (secondary N) is 1. The van der Waals surface area contributed by atoms with E-state index in [-0.39, 0.29) is 5.82 Å². The highest BCUT2D eigenvalue weighted by Crippen LogP contribution is 2.16. The molecule has 3 N–H and O–H groups in total. The van der Waals surface area contributed by atoms with Gasteiger partial charge < -0.3 is 9.80 Å². The number of hydrogen-bond donors (Lipinski definition) is 2. The van der Waals surface area contributed by atoms with Gasteiger partial charge in [0.25, 0.3) is 0 Å². The lowest BCUT2D eigenvalue weighted by Gasteiger charge is -2.37. The topological polar surface area (TPSA) is 56.9 Å². The van der Waals surface area contributed by atoms with E-state index in [4.69, 9.17) is 5.84 Å². The minimum absolute atomic E-state index is 0.200. The zero-order valence-electron chi connectivity index (χ0n) is 11.8. The molecule has 0 bridgehead atoms. The lowest BCUT2D eigenvalue weighted by molar-refractivity contribution is 0.372. The fourth-order valence-electron chi connectivity index (χ4n) is 2.28. The zero-order chi connectivity index (χ0) is 14.4. The van der Waals surface area contributed by atoms with E-state index in [2.05, 4.69) is 27.1 Å². The molecule has 1 aromatic rings. The van der Waals surface area contributed by atoms with Crippen molar-refractivity contribution in [3.63, 3.8) is 0 Å². The summed E-state index contributed by atoms with van der Waals surface area (Å²) in [6.45, 7) is 6.31. The van der Waals surface area contributed by atoms with Crippen LogP contribution in [-0.4, -0.2) is 43.6 Å². The van der Waals surface area contributed by atoms with E-state index in [1.807, 2.05) is 12.1 Å². The Morgan fingerprint density at radius 2 is 1.90 bits per heavy atom. The second-order valence-corrected chi connectivity index (χ2v) is 4.80. The summed E-state index contributed by atoms with van der Waals surface area (Å²) >= 11 is 0. The molecule has 0 radical (unpaired) electrons. The van der Waals surface area contributed by atoms with Gasteiger partial charge in [-0.25, -0.2) is 10.2 Å². The number of nitrogens with zero attached hydrogens (tertiary/aromatic N) is 3. The number of piperazine rings is 1. The molecule has 0 spiro atoms. The summed E-state index contributed by atoms with van der Waals surface area (Å²) in [5, 5.41) is 0. The number of benzene rings is 1. The molecular formula is C14H22FN5. The molecule has 20 heavy (non-hydrogen) atoms. The molecule has 1 aromatic carbocycles. The van der Waals surface area contributed by atoms with Crippen molar-refractivity contribution >= 4 is 11.6 Å². The Morgan fingerprint density at radius 1 is 1.25 bits per heavy atom. The molecule has 2 rings (SSSR count). The Morgan fingerprint density at radius 3 is 2.45 bits per heavy atom. The lowest BCUT2D eigenvalue weighted by Crippen LogP contribution is -2.54. The number of nitrogens with two attached hydrogens (primary N) is 1. The van der Waals surface area contributed by atoms with E-state index in [0.717, 1.165) is 50.8 Å². The van der Waals surface area contributed by atoms with Crippen LogP contribution in [0.2, 0.25) is 0 Å². The smallest absolute Gasteiger partial charge is 0.208 e. The van der Waals surface area contributed by atoms with E-state index in [0.29, 0.717) is 0 Å². The summed E-state index contributed by atoms with van der Waals surface area (Å²) in [5.74, 6) is 6.08. The maximum atomic E-state index is 12.9. The average Bonchev–Trinajstić information content (AvgIpc) is 2.49. The van der Waals surface area contributed by atoms with Crippen LogP contribution in [0.15, 0.2) is 29.3 Å². The Labute approximate surface area is 119 Å².